The minimum Gasteiger partial charge on any atom is -0.490 e. The number of carbonyl (C=O) groups is 2. The van der Waals surface area contributed by atoms with Crippen LogP contribution < -0.4 is 14.8 Å². The number of hydrogen-bond donors (Lipinski definition) is 1. The molecule has 0 saturated carbocycles. The van der Waals surface area contributed by atoms with E-state index in [1.165, 1.54) is 0 Å². The predicted octanol–water partition coefficient (Wildman–Crippen LogP) is 3.01. The van der Waals surface area contributed by atoms with Crippen molar-refractivity contribution in [2.24, 2.45) is 5.92 Å². The Labute approximate surface area is 162 Å². The van der Waals surface area contributed by atoms with E-state index < -0.39 is 24.5 Å². The summed E-state index contributed by atoms with van der Waals surface area (Å²) in [5.74, 6) is -0.314. The quantitative estimate of drug-likeness (QED) is 0.761. The molecular weight excluding hydrogens is 377 g/mol. The average Bonchev–Trinajstić information content (AvgIpc) is 2.67. The summed E-state index contributed by atoms with van der Waals surface area (Å²) >= 11 is 0. The molecule has 2 rings (SSSR count). The van der Waals surface area contributed by atoms with Crippen LogP contribution in [0.3, 0.4) is 0 Å². The third-order valence-electron chi connectivity index (χ3n) is 4.41. The Morgan fingerprint density at radius 1 is 1.11 bits per heavy atom. The highest BCUT2D eigenvalue weighted by molar-refractivity contribution is 5.95. The molecule has 0 bridgehead atoms. The number of rotatable bonds is 7. The van der Waals surface area contributed by atoms with Crippen LogP contribution in [0.5, 0.6) is 11.5 Å². The van der Waals surface area contributed by atoms with Crippen LogP contribution in [0.25, 0.3) is 0 Å². The average molecular weight is 402 g/mol. The second-order valence-electron chi connectivity index (χ2n) is 6.43. The van der Waals surface area contributed by atoms with Crippen molar-refractivity contribution < 1.29 is 32.2 Å². The van der Waals surface area contributed by atoms with E-state index in [0.717, 1.165) is 0 Å². The molecular formula is C19H25F3N2O4. The summed E-state index contributed by atoms with van der Waals surface area (Å²) in [6.45, 7) is 3.85. The molecule has 6 nitrogen and oxygen atoms in total. The van der Waals surface area contributed by atoms with Crippen molar-refractivity contribution in [3.8, 4) is 11.5 Å². The maximum atomic E-state index is 12.7. The van der Waals surface area contributed by atoms with Crippen molar-refractivity contribution in [2.45, 2.75) is 32.9 Å². The highest BCUT2D eigenvalue weighted by Gasteiger charge is 2.32. The zero-order chi connectivity index (χ0) is 20.7. The van der Waals surface area contributed by atoms with Crippen LogP contribution in [0.15, 0.2) is 18.2 Å². The lowest BCUT2D eigenvalue weighted by Gasteiger charge is -2.31. The Hall–Kier alpha value is -2.45. The number of piperidine rings is 1. The van der Waals surface area contributed by atoms with Crippen molar-refractivity contribution in [1.29, 1.82) is 0 Å². The van der Waals surface area contributed by atoms with Crippen molar-refractivity contribution in [1.82, 2.24) is 10.2 Å². The van der Waals surface area contributed by atoms with Gasteiger partial charge < -0.3 is 19.7 Å². The van der Waals surface area contributed by atoms with E-state index >= 15 is 0 Å². The molecule has 156 valence electrons. The molecule has 28 heavy (non-hydrogen) atoms. The van der Waals surface area contributed by atoms with Crippen LogP contribution in [0.1, 0.15) is 37.0 Å². The van der Waals surface area contributed by atoms with E-state index in [4.69, 9.17) is 9.47 Å². The van der Waals surface area contributed by atoms with E-state index in [9.17, 15) is 22.8 Å². The smallest absolute Gasteiger partial charge is 0.405 e. The number of amides is 2. The van der Waals surface area contributed by atoms with E-state index in [1.54, 1.807) is 23.1 Å². The van der Waals surface area contributed by atoms with Crippen LogP contribution in [0.2, 0.25) is 0 Å². The first-order valence-corrected chi connectivity index (χ1v) is 9.28. The van der Waals surface area contributed by atoms with Gasteiger partial charge in [0.1, 0.15) is 6.54 Å². The van der Waals surface area contributed by atoms with E-state index in [0.29, 0.717) is 56.2 Å². The van der Waals surface area contributed by atoms with Crippen LogP contribution in [-0.4, -0.2) is 55.7 Å². The molecule has 1 aliphatic heterocycles. The van der Waals surface area contributed by atoms with Crippen LogP contribution in [0, 0.1) is 5.92 Å². The Morgan fingerprint density at radius 2 is 1.71 bits per heavy atom. The van der Waals surface area contributed by atoms with Crippen molar-refractivity contribution in [3.05, 3.63) is 23.8 Å². The van der Waals surface area contributed by atoms with Gasteiger partial charge in [-0.05, 0) is 44.9 Å². The van der Waals surface area contributed by atoms with Gasteiger partial charge in [0.2, 0.25) is 5.91 Å². The lowest BCUT2D eigenvalue weighted by atomic mass is 9.95. The first-order chi connectivity index (χ1) is 13.2. The lowest BCUT2D eigenvalue weighted by molar-refractivity contribution is -0.141. The summed E-state index contributed by atoms with van der Waals surface area (Å²) in [6.07, 6.45) is -3.78. The molecule has 0 aliphatic carbocycles. The van der Waals surface area contributed by atoms with E-state index in [2.05, 4.69) is 0 Å². The topological polar surface area (TPSA) is 67.9 Å². The van der Waals surface area contributed by atoms with Crippen molar-refractivity contribution in [2.75, 3.05) is 32.8 Å². The molecule has 9 heteroatoms. The summed E-state index contributed by atoms with van der Waals surface area (Å²) in [5.41, 5.74) is 0.437. The van der Waals surface area contributed by atoms with E-state index in [-0.39, 0.29) is 5.91 Å². The van der Waals surface area contributed by atoms with Gasteiger partial charge in [0.05, 0.1) is 13.2 Å². The Kier molecular flexibility index (Phi) is 7.53. The number of likely N-dealkylation sites (tertiary alicyclic amines) is 1. The molecule has 2 amide bonds. The van der Waals surface area contributed by atoms with Gasteiger partial charge in [-0.2, -0.15) is 13.2 Å². The number of halogens is 3. The van der Waals surface area contributed by atoms with Gasteiger partial charge in [-0.3, -0.25) is 9.59 Å². The highest BCUT2D eigenvalue weighted by atomic mass is 19.4. The predicted molar refractivity (Wildman–Crippen MR) is 96.5 cm³/mol. The normalized spacial score (nSPS) is 15.2. The highest BCUT2D eigenvalue weighted by Crippen LogP contribution is 2.29. The van der Waals surface area contributed by atoms with Gasteiger partial charge in [-0.1, -0.05) is 0 Å². The Balaban J connectivity index is 1.96. The van der Waals surface area contributed by atoms with Gasteiger partial charge in [0, 0.05) is 24.6 Å². The van der Waals surface area contributed by atoms with Gasteiger partial charge in [-0.15, -0.1) is 0 Å². The molecule has 0 aromatic heterocycles. The molecule has 0 radical (unpaired) electrons. The minimum absolute atomic E-state index is 0.210. The lowest BCUT2D eigenvalue weighted by Crippen LogP contribution is -2.44. The second kappa shape index (κ2) is 9.66. The fourth-order valence-electron chi connectivity index (χ4n) is 3.04. The van der Waals surface area contributed by atoms with Crippen LogP contribution in [-0.2, 0) is 4.79 Å². The summed E-state index contributed by atoms with van der Waals surface area (Å²) in [5, 5.41) is 1.91. The summed E-state index contributed by atoms with van der Waals surface area (Å²) in [7, 11) is 0. The summed E-state index contributed by atoms with van der Waals surface area (Å²) in [4.78, 5) is 26.2. The fourth-order valence-corrected chi connectivity index (χ4v) is 3.04. The third-order valence-corrected chi connectivity index (χ3v) is 4.41. The van der Waals surface area contributed by atoms with Crippen LogP contribution in [0.4, 0.5) is 13.2 Å². The molecule has 0 atom stereocenters. The molecule has 1 fully saturated rings. The SMILES string of the molecule is CCOc1ccc(C(=O)N2CCC(C(=O)NCC(F)(F)F)CC2)cc1OCC. The monoisotopic (exact) mass is 402 g/mol. The van der Waals surface area contributed by atoms with Gasteiger partial charge in [0.15, 0.2) is 11.5 Å². The number of hydrogen-bond acceptors (Lipinski definition) is 4. The fraction of sp³-hybridized carbons (Fsp3) is 0.579. The Morgan fingerprint density at radius 3 is 2.29 bits per heavy atom. The number of carbonyl (C=O) groups excluding carboxylic acids is 2. The van der Waals surface area contributed by atoms with Crippen molar-refractivity contribution >= 4 is 11.8 Å². The zero-order valence-electron chi connectivity index (χ0n) is 16.0. The number of nitrogens with one attached hydrogen (secondary N) is 1. The van der Waals surface area contributed by atoms with Crippen molar-refractivity contribution in [3.63, 3.8) is 0 Å². The minimum atomic E-state index is -4.43. The maximum Gasteiger partial charge on any atom is 0.405 e. The molecule has 0 spiro atoms. The zero-order valence-corrected chi connectivity index (χ0v) is 16.0. The standard InChI is InChI=1S/C19H25F3N2O4/c1-3-27-15-6-5-14(11-16(15)28-4-2)18(26)24-9-7-13(8-10-24)17(25)23-12-19(20,21)22/h5-6,11,13H,3-4,7-10,12H2,1-2H3,(H,23,25). The number of alkyl halides is 3. The van der Waals surface area contributed by atoms with Crippen LogP contribution >= 0.6 is 0 Å². The van der Waals surface area contributed by atoms with Gasteiger partial charge in [-0.25, -0.2) is 0 Å². The molecule has 0 unspecified atom stereocenters. The Bertz CT molecular complexity index is 686. The maximum absolute atomic E-state index is 12.7. The molecule has 1 aromatic carbocycles. The molecule has 1 heterocycles. The number of nitrogens with zero attached hydrogens (tertiary/aromatic N) is 1. The number of benzene rings is 1. The first kappa shape index (κ1) is 21.8. The van der Waals surface area contributed by atoms with E-state index in [1.807, 2.05) is 19.2 Å². The second-order valence-corrected chi connectivity index (χ2v) is 6.43. The molecule has 1 saturated heterocycles. The van der Waals surface area contributed by atoms with Gasteiger partial charge >= 0.3 is 6.18 Å². The largest absolute Gasteiger partial charge is 0.490 e. The molecule has 1 aromatic rings. The third kappa shape index (κ3) is 6.03. The summed E-state index contributed by atoms with van der Waals surface area (Å²) < 4.78 is 47.7. The number of ether oxygens (including phenoxy) is 2. The van der Waals surface area contributed by atoms with Gasteiger partial charge in [0.25, 0.3) is 5.91 Å². The molecule has 1 N–H and O–H groups in total. The first-order valence-electron chi connectivity index (χ1n) is 9.28. The molecule has 1 aliphatic rings. The summed E-state index contributed by atoms with van der Waals surface area (Å²) in [6, 6.07) is 4.95.